The second-order valence-corrected chi connectivity index (χ2v) is 20.3. The summed E-state index contributed by atoms with van der Waals surface area (Å²) >= 11 is 0. The van der Waals surface area contributed by atoms with Gasteiger partial charge in [-0.1, -0.05) is 48.5 Å². The van der Waals surface area contributed by atoms with Crippen LogP contribution in [0.15, 0.2) is 0 Å². The highest BCUT2D eigenvalue weighted by molar-refractivity contribution is 5.97. The third kappa shape index (κ3) is 10.5. The van der Waals surface area contributed by atoms with Gasteiger partial charge in [0.05, 0.1) is 11.7 Å². The maximum atomic E-state index is 15.3. The largest absolute Gasteiger partial charge is 0.458 e. The molecule has 0 aliphatic carbocycles. The maximum absolute atomic E-state index is 15.3. The smallest absolute Gasteiger partial charge is 0.332 e. The Morgan fingerprint density at radius 1 is 0.894 bits per heavy atom. The molecule has 0 spiro atoms. The summed E-state index contributed by atoms with van der Waals surface area (Å²) in [4.78, 5) is 102. The van der Waals surface area contributed by atoms with Gasteiger partial charge >= 0.3 is 5.97 Å². The quantitative estimate of drug-likeness (QED) is 0.124. The van der Waals surface area contributed by atoms with Crippen molar-refractivity contribution in [3.05, 3.63) is 0 Å². The molecule has 0 bridgehead atoms. The van der Waals surface area contributed by atoms with Gasteiger partial charge in [0.2, 0.25) is 11.7 Å². The fourth-order valence-corrected chi connectivity index (χ4v) is 10.2. The first-order valence-electron chi connectivity index (χ1n) is 23.5. The lowest BCUT2D eigenvalue weighted by molar-refractivity contribution is -0.329. The average molecular weight is 939 g/mol. The number of hydrazine groups is 2. The number of carbonyl (C=O) groups is 7. The molecule has 0 radical (unpaired) electrons. The van der Waals surface area contributed by atoms with Crippen molar-refractivity contribution in [2.75, 3.05) is 33.2 Å². The van der Waals surface area contributed by atoms with E-state index in [0.29, 0.717) is 31.6 Å². The molecule has 5 rings (SSSR count). The molecule has 0 aromatic carbocycles. The minimum atomic E-state index is -2.73. The zero-order chi connectivity index (χ0) is 49.4. The molecule has 5 aliphatic heterocycles. The molecule has 0 aromatic heterocycles. The van der Waals surface area contributed by atoms with E-state index >= 15 is 4.79 Å². The van der Waals surface area contributed by atoms with E-state index in [-0.39, 0.29) is 61.4 Å². The summed E-state index contributed by atoms with van der Waals surface area (Å²) in [5.74, 6) is -11.5. The van der Waals surface area contributed by atoms with Gasteiger partial charge in [0, 0.05) is 33.1 Å². The molecule has 0 saturated carbocycles. The van der Waals surface area contributed by atoms with Crippen LogP contribution in [0.4, 0.5) is 0 Å². The lowest BCUT2D eigenvalue weighted by atomic mass is 9.78. The van der Waals surface area contributed by atoms with Crippen LogP contribution < -0.4 is 10.7 Å². The van der Waals surface area contributed by atoms with Gasteiger partial charge in [0.1, 0.15) is 36.8 Å². The first-order chi connectivity index (χ1) is 30.7. The maximum Gasteiger partial charge on any atom is 0.332 e. The number of ether oxygens (including phenoxy) is 2. The number of hydrogen-bond donors (Lipinski definition) is 7. The van der Waals surface area contributed by atoms with Crippen LogP contribution in [0.3, 0.4) is 0 Å². The van der Waals surface area contributed by atoms with Gasteiger partial charge in [-0.2, -0.15) is 0 Å². The zero-order valence-electron chi connectivity index (χ0n) is 40.1. The fraction of sp³-hybridized carbons (Fsp3) is 0.841. The van der Waals surface area contributed by atoms with E-state index in [1.165, 1.54) is 32.8 Å². The standard InChI is InChI=1S/C44H74N8O14/c1-11-30-27(22-24(2)3)16-17-44(62,66-30)43(9,61)41(59)46-32-34(26(6)7)65-40(58)33(25(4)5)52(64)39(57)35-42(8,60)18-21-48(35)36(54)28-14-12-19-45-50(28)31(53)23-49(63)37(55)29-15-13-20-47(10)51(29)38(32)56/h24-30,32-35,45,60-64H,11-23H2,1-10H3,(H,46,59). The minimum absolute atomic E-state index is 0.0184. The fourth-order valence-electron chi connectivity index (χ4n) is 10.2. The highest BCUT2D eigenvalue weighted by Crippen LogP contribution is 2.42. The van der Waals surface area contributed by atoms with E-state index in [9.17, 15) is 54.5 Å². The molecular formula is C44H74N8O14. The van der Waals surface area contributed by atoms with E-state index in [1.807, 2.05) is 6.92 Å². The van der Waals surface area contributed by atoms with Gasteiger partial charge in [0.25, 0.3) is 29.5 Å². The molecule has 374 valence electrons. The normalized spacial score (nSPS) is 35.0. The number of aliphatic hydroxyl groups is 3. The number of cyclic esters (lactones) is 1. The molecule has 11 unspecified atom stereocenters. The Morgan fingerprint density at radius 2 is 1.55 bits per heavy atom. The number of nitrogens with zero attached hydrogens (tertiary/aromatic N) is 6. The first-order valence-corrected chi connectivity index (χ1v) is 23.5. The van der Waals surface area contributed by atoms with E-state index in [1.54, 1.807) is 13.8 Å². The lowest BCUT2D eigenvalue weighted by Gasteiger charge is -2.48. The van der Waals surface area contributed by atoms with Crippen LogP contribution in [0.5, 0.6) is 0 Å². The first kappa shape index (κ1) is 52.9. The van der Waals surface area contributed by atoms with Crippen molar-refractivity contribution in [2.45, 2.75) is 180 Å². The third-order valence-electron chi connectivity index (χ3n) is 14.0. The van der Waals surface area contributed by atoms with Crippen LogP contribution in [-0.4, -0.2) is 190 Å². The Hall–Kier alpha value is -4.03. The molecule has 5 saturated heterocycles. The van der Waals surface area contributed by atoms with Crippen molar-refractivity contribution in [3.8, 4) is 0 Å². The predicted molar refractivity (Wildman–Crippen MR) is 231 cm³/mol. The number of carbonyl (C=O) groups excluding carboxylic acids is 7. The van der Waals surface area contributed by atoms with Gasteiger partial charge in [-0.3, -0.25) is 49.2 Å². The molecule has 22 heteroatoms. The van der Waals surface area contributed by atoms with Gasteiger partial charge in [-0.05, 0) is 88.9 Å². The van der Waals surface area contributed by atoms with Crippen molar-refractivity contribution in [2.24, 2.45) is 23.7 Å². The molecule has 11 atom stereocenters. The molecular weight excluding hydrogens is 865 g/mol. The van der Waals surface area contributed by atoms with E-state index in [4.69, 9.17) is 9.47 Å². The summed E-state index contributed by atoms with van der Waals surface area (Å²) in [7, 11) is 1.47. The third-order valence-corrected chi connectivity index (χ3v) is 14.0. The molecule has 66 heavy (non-hydrogen) atoms. The zero-order valence-corrected chi connectivity index (χ0v) is 40.1. The number of hydroxylamine groups is 4. The lowest BCUT2D eigenvalue weighted by Crippen LogP contribution is -2.70. The number of esters is 1. The number of amides is 6. The van der Waals surface area contributed by atoms with Crippen LogP contribution >= 0.6 is 0 Å². The Labute approximate surface area is 386 Å². The summed E-state index contributed by atoms with van der Waals surface area (Å²) in [6.45, 7) is 13.6. The van der Waals surface area contributed by atoms with Gasteiger partial charge in [-0.15, -0.1) is 0 Å². The van der Waals surface area contributed by atoms with Crippen LogP contribution in [0, 0.1) is 23.7 Å². The molecule has 0 aromatic rings. The Balaban J connectivity index is 1.63. The monoisotopic (exact) mass is 939 g/mol. The van der Waals surface area contributed by atoms with Crippen molar-refractivity contribution in [1.82, 2.24) is 40.8 Å². The number of rotatable bonds is 8. The summed E-state index contributed by atoms with van der Waals surface area (Å²) in [5, 5.41) is 64.6. The van der Waals surface area contributed by atoms with Crippen molar-refractivity contribution in [1.29, 1.82) is 0 Å². The average Bonchev–Trinajstić information content (AvgIpc) is 3.57. The Kier molecular flexibility index (Phi) is 16.6. The number of nitrogens with one attached hydrogen (secondary N) is 2. The summed E-state index contributed by atoms with van der Waals surface area (Å²) in [5.41, 5.74) is -1.83. The Morgan fingerprint density at radius 3 is 2.15 bits per heavy atom. The predicted octanol–water partition coefficient (Wildman–Crippen LogP) is -0.111. The minimum Gasteiger partial charge on any atom is -0.458 e. The number of fused-ring (bicyclic) bond motifs is 3. The van der Waals surface area contributed by atoms with Crippen LogP contribution in [0.25, 0.3) is 0 Å². The van der Waals surface area contributed by atoms with Gasteiger partial charge in [0.15, 0.2) is 11.6 Å². The van der Waals surface area contributed by atoms with Crippen LogP contribution in [0.2, 0.25) is 0 Å². The van der Waals surface area contributed by atoms with E-state index < -0.39 is 119 Å². The van der Waals surface area contributed by atoms with Crippen molar-refractivity contribution >= 4 is 41.4 Å². The highest BCUT2D eigenvalue weighted by Gasteiger charge is 2.59. The summed E-state index contributed by atoms with van der Waals surface area (Å²) < 4.78 is 12.2. The van der Waals surface area contributed by atoms with Crippen molar-refractivity contribution < 1.29 is 68.8 Å². The van der Waals surface area contributed by atoms with Gasteiger partial charge in [-0.25, -0.2) is 25.4 Å². The second-order valence-electron chi connectivity index (χ2n) is 20.3. The topological polar surface area (TPSA) is 283 Å². The van der Waals surface area contributed by atoms with Gasteiger partial charge < -0.3 is 35.0 Å². The summed E-state index contributed by atoms with van der Waals surface area (Å²) in [6, 6.07) is -8.32. The SMILES string of the molecule is CCC1OC(O)(C(C)(O)C(=O)NC2C(=O)N3C(CCCN3C)C(=O)N(O)CC(=O)N3NCCCC3C(=O)N3CCC(C)(O)C3C(=O)N(O)C(C(C)C)C(=O)OC2C(C)C)CCC1CC(C)C. The second kappa shape index (κ2) is 20.7. The van der Waals surface area contributed by atoms with Crippen LogP contribution in [-0.2, 0) is 43.0 Å². The molecule has 5 fully saturated rings. The van der Waals surface area contributed by atoms with E-state index in [2.05, 4.69) is 24.6 Å². The Bertz CT molecular complexity index is 1830. The molecule has 5 aliphatic rings. The van der Waals surface area contributed by atoms with Crippen molar-refractivity contribution in [3.63, 3.8) is 0 Å². The highest BCUT2D eigenvalue weighted by atomic mass is 16.6. The summed E-state index contributed by atoms with van der Waals surface area (Å²) in [6.07, 6.45) is -0.0836. The number of hydrogen-bond acceptors (Lipinski definition) is 16. The molecule has 6 amide bonds. The molecule has 5 heterocycles. The molecule has 7 N–H and O–H groups in total. The molecule has 22 nitrogen and oxygen atoms in total. The van der Waals surface area contributed by atoms with E-state index in [0.717, 1.165) is 28.3 Å². The van der Waals surface area contributed by atoms with Crippen LogP contribution in [0.1, 0.15) is 120 Å².